The summed E-state index contributed by atoms with van der Waals surface area (Å²) in [6.45, 7) is 2.67. The number of rotatable bonds is 5. The van der Waals surface area contributed by atoms with Gasteiger partial charge in [0.05, 0.1) is 38.6 Å². The molecular formula is C16H23NO6. The molecular weight excluding hydrogens is 302 g/mol. The first-order chi connectivity index (χ1) is 11.2. The van der Waals surface area contributed by atoms with Crippen LogP contribution in [0.15, 0.2) is 23.4 Å². The molecule has 7 nitrogen and oxygen atoms in total. The van der Waals surface area contributed by atoms with Crippen LogP contribution < -0.4 is 0 Å². The molecule has 0 unspecified atom stereocenters. The maximum absolute atomic E-state index is 12.1. The van der Waals surface area contributed by atoms with Gasteiger partial charge in [-0.15, -0.1) is 0 Å². The van der Waals surface area contributed by atoms with Gasteiger partial charge < -0.3 is 23.8 Å². The minimum absolute atomic E-state index is 0.203. The topological polar surface area (TPSA) is 74.3 Å². The molecule has 0 aromatic rings. The van der Waals surface area contributed by atoms with E-state index in [1.807, 2.05) is 4.90 Å². The first kappa shape index (κ1) is 17.5. The maximum atomic E-state index is 12.1. The molecule has 0 spiro atoms. The second kappa shape index (κ2) is 8.69. The first-order valence-electron chi connectivity index (χ1n) is 7.72. The fraction of sp³-hybridized carbons (Fsp3) is 0.625. The van der Waals surface area contributed by atoms with E-state index in [9.17, 15) is 9.59 Å². The van der Waals surface area contributed by atoms with Gasteiger partial charge in [-0.2, -0.15) is 0 Å². The van der Waals surface area contributed by atoms with E-state index >= 15 is 0 Å². The van der Waals surface area contributed by atoms with Crippen LogP contribution in [0.2, 0.25) is 0 Å². The monoisotopic (exact) mass is 325 g/mol. The summed E-state index contributed by atoms with van der Waals surface area (Å²) in [7, 11) is 2.59. The molecule has 2 rings (SSSR count). The summed E-state index contributed by atoms with van der Waals surface area (Å²) >= 11 is 0. The lowest BCUT2D eigenvalue weighted by Gasteiger charge is -2.24. The van der Waals surface area contributed by atoms with Crippen LogP contribution in [0.3, 0.4) is 0 Å². The third-order valence-corrected chi connectivity index (χ3v) is 3.75. The van der Waals surface area contributed by atoms with Crippen molar-refractivity contribution in [3.05, 3.63) is 23.4 Å². The van der Waals surface area contributed by atoms with Gasteiger partial charge in [0.25, 0.3) is 0 Å². The van der Waals surface area contributed by atoms with E-state index < -0.39 is 11.9 Å². The van der Waals surface area contributed by atoms with Crippen LogP contribution in [-0.2, 0) is 28.5 Å². The molecule has 2 aliphatic heterocycles. The average Bonchev–Trinajstić information content (AvgIpc) is 3.06. The number of hydrogen-bond acceptors (Lipinski definition) is 7. The van der Waals surface area contributed by atoms with E-state index in [0.717, 1.165) is 13.0 Å². The Morgan fingerprint density at radius 3 is 2.48 bits per heavy atom. The molecule has 7 heteroatoms. The molecule has 0 aromatic carbocycles. The highest BCUT2D eigenvalue weighted by molar-refractivity contribution is 6.06. The Hall–Kier alpha value is -1.86. The minimum Gasteiger partial charge on any atom is -0.465 e. The van der Waals surface area contributed by atoms with E-state index in [0.29, 0.717) is 32.6 Å². The smallest absolute Gasteiger partial charge is 0.340 e. The lowest BCUT2D eigenvalue weighted by atomic mass is 10.0. The first-order valence-corrected chi connectivity index (χ1v) is 7.72. The molecule has 1 saturated heterocycles. The van der Waals surface area contributed by atoms with Crippen molar-refractivity contribution < 1.29 is 28.5 Å². The van der Waals surface area contributed by atoms with Crippen molar-refractivity contribution in [1.82, 2.24) is 4.90 Å². The van der Waals surface area contributed by atoms with E-state index in [1.165, 1.54) is 14.2 Å². The van der Waals surface area contributed by atoms with Gasteiger partial charge in [-0.3, -0.25) is 0 Å². The summed E-state index contributed by atoms with van der Waals surface area (Å²) in [5.74, 6) is -1.09. The van der Waals surface area contributed by atoms with Crippen molar-refractivity contribution in [2.45, 2.75) is 25.6 Å². The van der Waals surface area contributed by atoms with Gasteiger partial charge in [-0.25, -0.2) is 9.59 Å². The van der Waals surface area contributed by atoms with Gasteiger partial charge >= 0.3 is 11.9 Å². The molecule has 0 radical (unpaired) electrons. The number of carbonyl (C=O) groups excluding carboxylic acids is 2. The predicted molar refractivity (Wildman–Crippen MR) is 81.3 cm³/mol. The number of carbonyl (C=O) groups is 2. The van der Waals surface area contributed by atoms with Gasteiger partial charge in [0.1, 0.15) is 0 Å². The second-order valence-corrected chi connectivity index (χ2v) is 5.28. The number of hydrogen-bond donors (Lipinski definition) is 0. The molecule has 0 bridgehead atoms. The lowest BCUT2D eigenvalue weighted by molar-refractivity contribution is -0.139. The van der Waals surface area contributed by atoms with E-state index in [1.54, 1.807) is 12.3 Å². The zero-order valence-corrected chi connectivity index (χ0v) is 13.6. The van der Waals surface area contributed by atoms with Crippen LogP contribution in [0, 0.1) is 0 Å². The molecule has 1 fully saturated rings. The summed E-state index contributed by atoms with van der Waals surface area (Å²) < 4.78 is 20.4. The highest BCUT2D eigenvalue weighted by Crippen LogP contribution is 2.20. The van der Waals surface area contributed by atoms with Crippen molar-refractivity contribution in [3.8, 4) is 0 Å². The summed E-state index contributed by atoms with van der Waals surface area (Å²) in [6, 6.07) is 0. The molecule has 0 aliphatic carbocycles. The second-order valence-electron chi connectivity index (χ2n) is 5.28. The van der Waals surface area contributed by atoms with E-state index in [2.05, 4.69) is 0 Å². The van der Waals surface area contributed by atoms with Crippen molar-refractivity contribution in [1.29, 1.82) is 0 Å². The highest BCUT2D eigenvalue weighted by atomic mass is 16.7. The maximum Gasteiger partial charge on any atom is 0.340 e. The molecule has 2 aliphatic rings. The van der Waals surface area contributed by atoms with Gasteiger partial charge in [-0.05, 0) is 12.8 Å². The molecule has 0 atom stereocenters. The Morgan fingerprint density at radius 2 is 1.83 bits per heavy atom. The predicted octanol–water partition coefficient (Wildman–Crippen LogP) is 1.00. The molecule has 2 heterocycles. The Labute approximate surface area is 135 Å². The van der Waals surface area contributed by atoms with Crippen LogP contribution in [0.1, 0.15) is 19.3 Å². The Kier molecular flexibility index (Phi) is 6.61. The van der Waals surface area contributed by atoms with Crippen molar-refractivity contribution in [3.63, 3.8) is 0 Å². The Morgan fingerprint density at radius 1 is 1.17 bits per heavy atom. The number of esters is 2. The Bertz CT molecular complexity index is 493. The van der Waals surface area contributed by atoms with Crippen LogP contribution in [0.4, 0.5) is 0 Å². The number of ether oxygens (including phenoxy) is 4. The van der Waals surface area contributed by atoms with Crippen LogP contribution in [0.5, 0.6) is 0 Å². The zero-order valence-electron chi connectivity index (χ0n) is 13.6. The molecule has 0 aromatic heterocycles. The normalized spacial score (nSPS) is 19.5. The third-order valence-electron chi connectivity index (χ3n) is 3.75. The highest BCUT2D eigenvalue weighted by Gasteiger charge is 2.25. The largest absolute Gasteiger partial charge is 0.465 e. The third kappa shape index (κ3) is 4.80. The van der Waals surface area contributed by atoms with Gasteiger partial charge in [-0.1, -0.05) is 6.08 Å². The lowest BCUT2D eigenvalue weighted by Crippen LogP contribution is -2.27. The Balaban J connectivity index is 2.14. The van der Waals surface area contributed by atoms with Gasteiger partial charge in [0, 0.05) is 25.7 Å². The van der Waals surface area contributed by atoms with Crippen LogP contribution in [-0.4, -0.2) is 63.7 Å². The number of methoxy groups -OCH3 is 2. The summed E-state index contributed by atoms with van der Waals surface area (Å²) in [5, 5.41) is 0. The number of nitrogens with zero attached hydrogens (tertiary/aromatic N) is 1. The van der Waals surface area contributed by atoms with Gasteiger partial charge in [0.15, 0.2) is 6.29 Å². The van der Waals surface area contributed by atoms with Crippen molar-refractivity contribution >= 4 is 11.9 Å². The molecule has 0 amide bonds. The standard InChI is InChI=1S/C16H23NO6/c1-20-15(18)12-5-3-4-7-17(11-13(12)16(19)21-2)8-6-14-22-9-10-23-14/h5,11,14H,3-4,6-10H2,1-2H3. The summed E-state index contributed by atoms with van der Waals surface area (Å²) in [5.41, 5.74) is 0.463. The fourth-order valence-electron chi connectivity index (χ4n) is 2.56. The van der Waals surface area contributed by atoms with E-state index in [-0.39, 0.29) is 17.4 Å². The van der Waals surface area contributed by atoms with Crippen molar-refractivity contribution in [2.75, 3.05) is 40.5 Å². The zero-order chi connectivity index (χ0) is 16.7. The minimum atomic E-state index is -0.554. The van der Waals surface area contributed by atoms with Crippen LogP contribution >= 0.6 is 0 Å². The summed E-state index contributed by atoms with van der Waals surface area (Å²) in [6.07, 6.45) is 5.45. The molecule has 128 valence electrons. The molecule has 0 saturated carbocycles. The van der Waals surface area contributed by atoms with E-state index in [4.69, 9.17) is 18.9 Å². The van der Waals surface area contributed by atoms with Crippen LogP contribution in [0.25, 0.3) is 0 Å². The van der Waals surface area contributed by atoms with Crippen molar-refractivity contribution in [2.24, 2.45) is 0 Å². The summed E-state index contributed by atoms with van der Waals surface area (Å²) in [4.78, 5) is 26.0. The molecule has 23 heavy (non-hydrogen) atoms. The quantitative estimate of drug-likeness (QED) is 0.698. The average molecular weight is 325 g/mol. The fourth-order valence-corrected chi connectivity index (χ4v) is 2.56. The molecule has 0 N–H and O–H groups in total. The SMILES string of the molecule is COC(=O)C1=CCCCN(CCC2OCCO2)C=C1C(=O)OC. The van der Waals surface area contributed by atoms with Gasteiger partial charge in [0.2, 0.25) is 0 Å². The number of allylic oxidation sites excluding steroid dienone is 1.